The Kier molecular flexibility index (Phi) is 14.8. The molecular weight excluding hydrogens is 356 g/mol. The lowest BCUT2D eigenvalue weighted by atomic mass is 10.1. The molecule has 1 unspecified atom stereocenters. The lowest BCUT2D eigenvalue weighted by molar-refractivity contribution is 0.0445. The van der Waals surface area contributed by atoms with Gasteiger partial charge in [-0.05, 0) is 13.3 Å². The summed E-state index contributed by atoms with van der Waals surface area (Å²) in [6.45, 7) is 4.85. The van der Waals surface area contributed by atoms with Crippen LogP contribution < -0.4 is 0 Å². The van der Waals surface area contributed by atoms with Crippen molar-refractivity contribution in [1.29, 1.82) is 0 Å². The van der Waals surface area contributed by atoms with Gasteiger partial charge < -0.3 is 14.9 Å². The van der Waals surface area contributed by atoms with Crippen molar-refractivity contribution in [3.05, 3.63) is 12.4 Å². The van der Waals surface area contributed by atoms with E-state index < -0.39 is 10.4 Å². The van der Waals surface area contributed by atoms with Gasteiger partial charge in [0.15, 0.2) is 0 Å². The van der Waals surface area contributed by atoms with Crippen molar-refractivity contribution in [3.63, 3.8) is 0 Å². The highest BCUT2D eigenvalue weighted by molar-refractivity contribution is 7.80. The van der Waals surface area contributed by atoms with Gasteiger partial charge in [-0.2, -0.15) is 8.42 Å². The molecule has 8 heteroatoms. The summed E-state index contributed by atoms with van der Waals surface area (Å²) in [5, 5.41) is 9.02. The van der Waals surface area contributed by atoms with Crippen LogP contribution in [0.3, 0.4) is 0 Å². The lowest BCUT2D eigenvalue weighted by Crippen LogP contribution is -2.30. The fourth-order valence-electron chi connectivity index (χ4n) is 2.55. The van der Waals surface area contributed by atoms with Crippen molar-refractivity contribution < 1.29 is 22.3 Å². The van der Waals surface area contributed by atoms with E-state index in [1.165, 1.54) is 44.9 Å². The maximum Gasteiger partial charge on any atom is 0.397 e. The van der Waals surface area contributed by atoms with E-state index in [0.29, 0.717) is 6.42 Å². The molecule has 0 bridgehead atoms. The Balaban J connectivity index is 0.000000577. The molecule has 0 saturated carbocycles. The molecule has 7 nitrogen and oxygen atoms in total. The molecule has 0 saturated heterocycles. The second-order valence-corrected chi connectivity index (χ2v) is 7.87. The average Bonchev–Trinajstić information content (AvgIpc) is 2.99. The molecule has 156 valence electrons. The zero-order valence-corrected chi connectivity index (χ0v) is 17.5. The van der Waals surface area contributed by atoms with E-state index in [4.69, 9.17) is 9.66 Å². The summed E-state index contributed by atoms with van der Waals surface area (Å²) in [6, 6.07) is 0. The molecule has 0 fully saturated rings. The van der Waals surface area contributed by atoms with Crippen LogP contribution in [0, 0.1) is 0 Å². The van der Waals surface area contributed by atoms with E-state index in [1.807, 2.05) is 29.2 Å². The molecule has 1 heterocycles. The summed E-state index contributed by atoms with van der Waals surface area (Å²) < 4.78 is 33.0. The van der Waals surface area contributed by atoms with Crippen LogP contribution in [0.4, 0.5) is 0 Å². The molecule has 0 aromatic rings. The minimum atomic E-state index is -4.23. The molecule has 1 rings (SSSR count). The molecule has 2 N–H and O–H groups in total. The van der Waals surface area contributed by atoms with Gasteiger partial charge in [0, 0.05) is 19.4 Å². The largest absolute Gasteiger partial charge is 0.397 e. The zero-order chi connectivity index (χ0) is 19.8. The normalized spacial score (nSPS) is 15.1. The third kappa shape index (κ3) is 16.6. The highest BCUT2D eigenvalue weighted by atomic mass is 32.3. The number of aliphatic hydroxyl groups excluding tert-OH is 1. The minimum Gasteiger partial charge on any atom is -0.374 e. The summed E-state index contributed by atoms with van der Waals surface area (Å²) in [4.78, 5) is 3.85. The van der Waals surface area contributed by atoms with E-state index in [2.05, 4.69) is 11.1 Å². The minimum absolute atomic E-state index is 0.0926. The third-order valence-corrected chi connectivity index (χ3v) is 4.57. The highest BCUT2D eigenvalue weighted by Crippen LogP contribution is 2.10. The summed E-state index contributed by atoms with van der Waals surface area (Å²) >= 11 is 0. The van der Waals surface area contributed by atoms with Gasteiger partial charge in [-0.15, -0.1) is 0 Å². The second-order valence-electron chi connectivity index (χ2n) is 6.77. The summed E-state index contributed by atoms with van der Waals surface area (Å²) in [5.41, 5.74) is 0. The Morgan fingerprint density at radius 2 is 1.50 bits per heavy atom. The number of hydrogen-bond donors (Lipinski definition) is 2. The highest BCUT2D eigenvalue weighted by Gasteiger charge is 2.11. The number of hydrogen-bond acceptors (Lipinski definition) is 6. The first-order chi connectivity index (χ1) is 12.3. The zero-order valence-electron chi connectivity index (χ0n) is 16.6. The van der Waals surface area contributed by atoms with E-state index in [1.54, 1.807) is 6.92 Å². The number of rotatable bonds is 13. The molecule has 0 aromatic heterocycles. The standard InChI is InChI=1S/C12H26O4S.C6H12N2O/c1-2-3-4-5-6-7-8-9-10-11-12-16-17(13,14)15;1-6(9)8-4-3-7(2)5-8/h2-12H2,1H3,(H,13,14,15);3-4,6,9H,5H2,1-2H3. The quantitative estimate of drug-likeness (QED) is 0.363. The van der Waals surface area contributed by atoms with Gasteiger partial charge in [-0.3, -0.25) is 4.55 Å². The van der Waals surface area contributed by atoms with E-state index >= 15 is 0 Å². The van der Waals surface area contributed by atoms with Crippen LogP contribution in [0.25, 0.3) is 0 Å². The van der Waals surface area contributed by atoms with Crippen LogP contribution in [-0.4, -0.2) is 54.4 Å². The van der Waals surface area contributed by atoms with Crippen molar-refractivity contribution in [1.82, 2.24) is 9.80 Å². The SMILES string of the molecule is CC(O)N1C=CN(C)C1.CCCCCCCCCCCCOS(=O)(=O)O. The Morgan fingerprint density at radius 1 is 1.00 bits per heavy atom. The van der Waals surface area contributed by atoms with Gasteiger partial charge >= 0.3 is 10.4 Å². The predicted molar refractivity (Wildman–Crippen MR) is 105 cm³/mol. The molecule has 0 aliphatic carbocycles. The summed E-state index contributed by atoms with van der Waals surface area (Å²) in [6.07, 6.45) is 15.3. The lowest BCUT2D eigenvalue weighted by Gasteiger charge is -2.20. The van der Waals surface area contributed by atoms with Gasteiger partial charge in [0.1, 0.15) is 6.23 Å². The van der Waals surface area contributed by atoms with Crippen molar-refractivity contribution in [2.45, 2.75) is 84.3 Å². The fourth-order valence-corrected chi connectivity index (χ4v) is 2.88. The van der Waals surface area contributed by atoms with Gasteiger partial charge in [0.05, 0.1) is 13.3 Å². The monoisotopic (exact) mass is 394 g/mol. The van der Waals surface area contributed by atoms with Crippen molar-refractivity contribution >= 4 is 10.4 Å². The molecule has 1 aliphatic heterocycles. The number of aliphatic hydroxyl groups is 1. The van der Waals surface area contributed by atoms with Crippen LogP contribution in [-0.2, 0) is 14.6 Å². The van der Waals surface area contributed by atoms with Gasteiger partial charge in [-0.1, -0.05) is 64.7 Å². The first kappa shape index (κ1) is 25.2. The molecule has 0 aromatic carbocycles. The van der Waals surface area contributed by atoms with E-state index in [9.17, 15) is 8.42 Å². The maximum absolute atomic E-state index is 10.2. The van der Waals surface area contributed by atoms with Crippen LogP contribution in [0.5, 0.6) is 0 Å². The molecule has 1 atom stereocenters. The Bertz CT molecular complexity index is 454. The molecular formula is C18H38N2O5S. The van der Waals surface area contributed by atoms with E-state index in [-0.39, 0.29) is 12.8 Å². The molecule has 0 amide bonds. The Hall–Kier alpha value is -0.830. The molecule has 0 spiro atoms. The van der Waals surface area contributed by atoms with Gasteiger partial charge in [0.2, 0.25) is 0 Å². The summed E-state index contributed by atoms with van der Waals surface area (Å²) in [7, 11) is -2.26. The smallest absolute Gasteiger partial charge is 0.374 e. The molecule has 26 heavy (non-hydrogen) atoms. The molecule has 0 radical (unpaired) electrons. The van der Waals surface area contributed by atoms with Gasteiger partial charge in [0.25, 0.3) is 0 Å². The number of unbranched alkanes of at least 4 members (excludes halogenated alkanes) is 9. The topological polar surface area (TPSA) is 90.3 Å². The van der Waals surface area contributed by atoms with E-state index in [0.717, 1.165) is 19.5 Å². The van der Waals surface area contributed by atoms with Crippen LogP contribution in [0.1, 0.15) is 78.1 Å². The predicted octanol–water partition coefficient (Wildman–Crippen LogP) is 3.73. The number of nitrogens with zero attached hydrogens (tertiary/aromatic N) is 2. The van der Waals surface area contributed by atoms with Crippen molar-refractivity contribution in [3.8, 4) is 0 Å². The Labute approximate surface area is 160 Å². The van der Waals surface area contributed by atoms with Crippen molar-refractivity contribution in [2.24, 2.45) is 0 Å². The van der Waals surface area contributed by atoms with Crippen molar-refractivity contribution in [2.75, 3.05) is 20.3 Å². The first-order valence-electron chi connectivity index (χ1n) is 9.70. The third-order valence-electron chi connectivity index (χ3n) is 4.11. The Morgan fingerprint density at radius 3 is 1.85 bits per heavy atom. The summed E-state index contributed by atoms with van der Waals surface area (Å²) in [5.74, 6) is 0. The fraction of sp³-hybridized carbons (Fsp3) is 0.889. The second kappa shape index (κ2) is 15.2. The van der Waals surface area contributed by atoms with Crippen LogP contribution >= 0.6 is 0 Å². The van der Waals surface area contributed by atoms with Crippen LogP contribution in [0.15, 0.2) is 12.4 Å². The van der Waals surface area contributed by atoms with Gasteiger partial charge in [-0.25, -0.2) is 4.18 Å². The van der Waals surface area contributed by atoms with Crippen LogP contribution in [0.2, 0.25) is 0 Å². The molecule has 1 aliphatic rings. The average molecular weight is 395 g/mol. The maximum atomic E-state index is 10.2. The first-order valence-corrected chi connectivity index (χ1v) is 11.1.